The van der Waals surface area contributed by atoms with Crippen molar-refractivity contribution in [1.29, 1.82) is 0 Å². The molecule has 3 aromatic rings. The maximum Gasteiger partial charge on any atom is 0.209 e. The van der Waals surface area contributed by atoms with Gasteiger partial charge in [-0.1, -0.05) is 35.1 Å². The fourth-order valence-electron chi connectivity index (χ4n) is 2.29. The van der Waals surface area contributed by atoms with Gasteiger partial charge in [-0.05, 0) is 43.5 Å². The SMILES string of the molecule is COc1ccccc1Nc1nn(CN(C)Cc2ccc(Cl)s2)c(=S)s1. The van der Waals surface area contributed by atoms with Crippen LogP contribution >= 0.6 is 46.5 Å². The Morgan fingerprint density at radius 3 is 2.80 bits per heavy atom. The van der Waals surface area contributed by atoms with E-state index in [4.69, 9.17) is 28.6 Å². The standard InChI is InChI=1S/C16H17ClN4OS3/c1-20(9-11-7-8-14(17)24-11)10-21-16(23)25-15(19-21)18-12-5-3-4-6-13(12)22-2/h3-8H,9-10H2,1-2H3,(H,18,19). The Bertz CT molecular complexity index is 905. The Morgan fingerprint density at radius 1 is 1.28 bits per heavy atom. The molecule has 132 valence electrons. The van der Waals surface area contributed by atoms with E-state index in [0.717, 1.165) is 27.4 Å². The normalized spacial score (nSPS) is 11.0. The van der Waals surface area contributed by atoms with E-state index in [1.54, 1.807) is 18.4 Å². The molecule has 0 aliphatic carbocycles. The lowest BCUT2D eigenvalue weighted by Gasteiger charge is -2.15. The van der Waals surface area contributed by atoms with Crippen molar-refractivity contribution in [2.45, 2.75) is 13.2 Å². The van der Waals surface area contributed by atoms with Crippen LogP contribution in [0.3, 0.4) is 0 Å². The van der Waals surface area contributed by atoms with Gasteiger partial charge in [0.1, 0.15) is 5.75 Å². The lowest BCUT2D eigenvalue weighted by molar-refractivity contribution is 0.247. The monoisotopic (exact) mass is 412 g/mol. The topological polar surface area (TPSA) is 42.3 Å². The van der Waals surface area contributed by atoms with Gasteiger partial charge in [0, 0.05) is 11.4 Å². The van der Waals surface area contributed by atoms with Crippen molar-refractivity contribution < 1.29 is 4.74 Å². The highest BCUT2D eigenvalue weighted by molar-refractivity contribution is 7.73. The molecule has 0 amide bonds. The van der Waals surface area contributed by atoms with Gasteiger partial charge in [0.25, 0.3) is 0 Å². The van der Waals surface area contributed by atoms with Crippen LogP contribution in [0.1, 0.15) is 4.88 Å². The molecule has 2 heterocycles. The van der Waals surface area contributed by atoms with E-state index in [1.807, 2.05) is 48.1 Å². The predicted octanol–water partition coefficient (Wildman–Crippen LogP) is 5.23. The molecule has 0 spiro atoms. The Hall–Kier alpha value is -1.45. The molecule has 0 atom stereocenters. The van der Waals surface area contributed by atoms with Crippen LogP contribution in [0.5, 0.6) is 5.75 Å². The largest absolute Gasteiger partial charge is 0.495 e. The van der Waals surface area contributed by atoms with E-state index in [1.165, 1.54) is 16.2 Å². The number of nitrogens with zero attached hydrogens (tertiary/aromatic N) is 3. The van der Waals surface area contributed by atoms with E-state index >= 15 is 0 Å². The summed E-state index contributed by atoms with van der Waals surface area (Å²) in [6, 6.07) is 11.7. The summed E-state index contributed by atoms with van der Waals surface area (Å²) in [7, 11) is 3.68. The number of ether oxygens (including phenoxy) is 1. The molecular formula is C16H17ClN4OS3. The van der Waals surface area contributed by atoms with Crippen LogP contribution < -0.4 is 10.1 Å². The van der Waals surface area contributed by atoms with Crippen LogP contribution in [0.2, 0.25) is 4.34 Å². The number of benzene rings is 1. The van der Waals surface area contributed by atoms with Crippen molar-refractivity contribution in [2.24, 2.45) is 0 Å². The van der Waals surface area contributed by atoms with Crippen LogP contribution in [0.15, 0.2) is 36.4 Å². The third kappa shape index (κ3) is 4.80. The molecule has 2 aromatic heterocycles. The number of methoxy groups -OCH3 is 1. The zero-order valence-electron chi connectivity index (χ0n) is 13.7. The molecule has 0 aliphatic heterocycles. The van der Waals surface area contributed by atoms with E-state index in [2.05, 4.69) is 15.3 Å². The first kappa shape index (κ1) is 18.3. The van der Waals surface area contributed by atoms with Crippen LogP contribution in [0.25, 0.3) is 0 Å². The van der Waals surface area contributed by atoms with Crippen LogP contribution in [-0.4, -0.2) is 28.8 Å². The molecule has 25 heavy (non-hydrogen) atoms. The summed E-state index contributed by atoms with van der Waals surface area (Å²) in [5.74, 6) is 0.766. The Balaban J connectivity index is 1.68. The van der Waals surface area contributed by atoms with Gasteiger partial charge in [-0.2, -0.15) is 0 Å². The summed E-state index contributed by atoms with van der Waals surface area (Å²) in [6.07, 6.45) is 0. The molecule has 3 rings (SSSR count). The number of anilines is 2. The lowest BCUT2D eigenvalue weighted by atomic mass is 10.3. The molecule has 9 heteroatoms. The number of thiophene rings is 1. The van der Waals surface area contributed by atoms with Crippen molar-refractivity contribution in [3.63, 3.8) is 0 Å². The molecule has 0 unspecified atom stereocenters. The van der Waals surface area contributed by atoms with Gasteiger partial charge in [-0.3, -0.25) is 4.90 Å². The summed E-state index contributed by atoms with van der Waals surface area (Å²) < 4.78 is 8.68. The van der Waals surface area contributed by atoms with E-state index in [0.29, 0.717) is 10.6 Å². The van der Waals surface area contributed by atoms with Crippen LogP contribution in [0, 0.1) is 3.95 Å². The minimum absolute atomic E-state index is 0.610. The number of hydrogen-bond acceptors (Lipinski definition) is 7. The number of para-hydroxylation sites is 2. The van der Waals surface area contributed by atoms with Gasteiger partial charge >= 0.3 is 0 Å². The van der Waals surface area contributed by atoms with Crippen LogP contribution in [0.4, 0.5) is 10.8 Å². The number of nitrogens with one attached hydrogen (secondary N) is 1. The first-order valence-electron chi connectivity index (χ1n) is 7.46. The highest BCUT2D eigenvalue weighted by atomic mass is 35.5. The number of halogens is 1. The highest BCUT2D eigenvalue weighted by Gasteiger charge is 2.10. The Kier molecular flexibility index (Phi) is 6.08. The summed E-state index contributed by atoms with van der Waals surface area (Å²) in [5.41, 5.74) is 0.863. The van der Waals surface area contributed by atoms with Gasteiger partial charge in [0.15, 0.2) is 3.95 Å². The zero-order valence-corrected chi connectivity index (χ0v) is 16.9. The second-order valence-corrected chi connectivity index (χ2v) is 8.78. The maximum absolute atomic E-state index is 5.98. The van der Waals surface area contributed by atoms with E-state index < -0.39 is 0 Å². The average Bonchev–Trinajstić information content (AvgIpc) is 3.13. The molecule has 0 saturated carbocycles. The number of aromatic nitrogens is 2. The molecule has 0 bridgehead atoms. The lowest BCUT2D eigenvalue weighted by Crippen LogP contribution is -2.22. The summed E-state index contributed by atoms with van der Waals surface area (Å²) in [6.45, 7) is 1.41. The number of rotatable bonds is 7. The molecule has 1 aromatic carbocycles. The Labute approximate surface area is 164 Å². The Morgan fingerprint density at radius 2 is 2.08 bits per heavy atom. The maximum atomic E-state index is 5.98. The van der Waals surface area contributed by atoms with Crippen molar-refractivity contribution in [2.75, 3.05) is 19.5 Å². The van der Waals surface area contributed by atoms with Crippen molar-refractivity contribution in [3.8, 4) is 5.75 Å². The second-order valence-electron chi connectivity index (χ2n) is 5.36. The summed E-state index contributed by atoms with van der Waals surface area (Å²) in [4.78, 5) is 3.35. The molecule has 1 N–H and O–H groups in total. The quantitative estimate of drug-likeness (QED) is 0.538. The van der Waals surface area contributed by atoms with Gasteiger partial charge in [-0.25, -0.2) is 4.68 Å². The minimum atomic E-state index is 0.610. The van der Waals surface area contributed by atoms with Gasteiger partial charge in [-0.15, -0.1) is 16.4 Å². The first-order valence-corrected chi connectivity index (χ1v) is 9.88. The van der Waals surface area contributed by atoms with Crippen LogP contribution in [-0.2, 0) is 13.2 Å². The fraction of sp³-hybridized carbons (Fsp3) is 0.250. The van der Waals surface area contributed by atoms with Crippen molar-refractivity contribution in [1.82, 2.24) is 14.7 Å². The summed E-state index contributed by atoms with van der Waals surface area (Å²) >= 11 is 14.4. The number of hydrogen-bond donors (Lipinski definition) is 1. The van der Waals surface area contributed by atoms with Crippen molar-refractivity contribution >= 4 is 57.3 Å². The minimum Gasteiger partial charge on any atom is -0.495 e. The third-order valence-corrected chi connectivity index (χ3v) is 5.82. The molecule has 0 aliphatic rings. The molecule has 5 nitrogen and oxygen atoms in total. The first-order chi connectivity index (χ1) is 12.0. The smallest absolute Gasteiger partial charge is 0.209 e. The molecule has 0 radical (unpaired) electrons. The van der Waals surface area contributed by atoms with E-state index in [9.17, 15) is 0 Å². The molecule has 0 saturated heterocycles. The van der Waals surface area contributed by atoms with E-state index in [-0.39, 0.29) is 0 Å². The van der Waals surface area contributed by atoms with Gasteiger partial charge in [0.2, 0.25) is 5.13 Å². The highest BCUT2D eigenvalue weighted by Crippen LogP contribution is 2.28. The molecular weight excluding hydrogens is 396 g/mol. The summed E-state index contributed by atoms with van der Waals surface area (Å²) in [5, 5.41) is 8.58. The zero-order chi connectivity index (χ0) is 17.8. The predicted molar refractivity (Wildman–Crippen MR) is 108 cm³/mol. The average molecular weight is 413 g/mol. The van der Waals surface area contributed by atoms with Gasteiger partial charge < -0.3 is 10.1 Å². The fourth-order valence-corrected chi connectivity index (χ4v) is 4.46. The second kappa shape index (κ2) is 8.29. The van der Waals surface area contributed by atoms with Crippen molar-refractivity contribution in [3.05, 3.63) is 49.6 Å². The third-order valence-electron chi connectivity index (χ3n) is 3.38. The molecule has 0 fully saturated rings. The van der Waals surface area contributed by atoms with Gasteiger partial charge in [0.05, 0.1) is 23.8 Å².